The van der Waals surface area contributed by atoms with Gasteiger partial charge in [0.1, 0.15) is 6.61 Å². The number of carbonyl (C=O) groups excluding carboxylic acids is 2. The van der Waals surface area contributed by atoms with Gasteiger partial charge in [0.15, 0.2) is 10.7 Å². The number of benzene rings is 1. The van der Waals surface area contributed by atoms with Crippen LogP contribution in [0.15, 0.2) is 35.8 Å². The van der Waals surface area contributed by atoms with Crippen LogP contribution in [-0.2, 0) is 9.47 Å². The van der Waals surface area contributed by atoms with Crippen LogP contribution in [0.1, 0.15) is 25.9 Å². The summed E-state index contributed by atoms with van der Waals surface area (Å²) in [5, 5.41) is 2.63. The summed E-state index contributed by atoms with van der Waals surface area (Å²) in [4.78, 5) is 34.0. The van der Waals surface area contributed by atoms with Gasteiger partial charge < -0.3 is 19.4 Å². The fourth-order valence-corrected chi connectivity index (χ4v) is 3.20. The summed E-state index contributed by atoms with van der Waals surface area (Å²) in [6, 6.07) is 7.54. The second kappa shape index (κ2) is 8.90. The van der Waals surface area contributed by atoms with Crippen molar-refractivity contribution in [3.63, 3.8) is 0 Å². The predicted molar refractivity (Wildman–Crippen MR) is 104 cm³/mol. The molecule has 0 aliphatic heterocycles. The molecule has 3 aromatic rings. The van der Waals surface area contributed by atoms with Gasteiger partial charge in [-0.2, -0.15) is 0 Å². The van der Waals surface area contributed by atoms with Crippen molar-refractivity contribution >= 4 is 34.0 Å². The Morgan fingerprint density at radius 1 is 1.19 bits per heavy atom. The third-order valence-electron chi connectivity index (χ3n) is 3.89. The smallest absolute Gasteiger partial charge is 0.357 e. The number of fused-ring (bicyclic) bond motifs is 1. The Labute approximate surface area is 160 Å². The predicted octanol–water partition coefficient (Wildman–Crippen LogP) is 2.59. The molecule has 0 atom stereocenters. The molecule has 2 heterocycles. The van der Waals surface area contributed by atoms with E-state index >= 15 is 0 Å². The maximum Gasteiger partial charge on any atom is 0.357 e. The number of nitrogens with one attached hydrogen (secondary N) is 1. The quantitative estimate of drug-likeness (QED) is 0.345. The highest BCUT2D eigenvalue weighted by Crippen LogP contribution is 2.22. The van der Waals surface area contributed by atoms with Gasteiger partial charge in [-0.1, -0.05) is 18.2 Å². The monoisotopic (exact) mass is 387 g/mol. The number of H-pyrrole nitrogens is 1. The molecule has 0 spiro atoms. The molecule has 3 rings (SSSR count). The van der Waals surface area contributed by atoms with Crippen LogP contribution in [0.2, 0.25) is 0 Å². The van der Waals surface area contributed by atoms with Gasteiger partial charge in [0.2, 0.25) is 5.78 Å². The van der Waals surface area contributed by atoms with Crippen molar-refractivity contribution in [2.45, 2.75) is 0 Å². The summed E-state index contributed by atoms with van der Waals surface area (Å²) >= 11 is 1.13. The van der Waals surface area contributed by atoms with E-state index in [1.807, 2.05) is 43.3 Å². The third-order valence-corrected chi connectivity index (χ3v) is 4.73. The van der Waals surface area contributed by atoms with Crippen molar-refractivity contribution in [3.8, 4) is 0 Å². The zero-order valence-corrected chi connectivity index (χ0v) is 16.0. The number of likely N-dealkylation sites (N-methyl/N-ethyl adjacent to an activating group) is 1. The molecule has 27 heavy (non-hydrogen) atoms. The van der Waals surface area contributed by atoms with Crippen LogP contribution >= 0.6 is 11.3 Å². The number of hydrogen-bond acceptors (Lipinski definition) is 7. The lowest BCUT2D eigenvalue weighted by Crippen LogP contribution is -2.19. The van der Waals surface area contributed by atoms with Crippen LogP contribution in [0, 0.1) is 0 Å². The van der Waals surface area contributed by atoms with E-state index in [2.05, 4.69) is 9.97 Å². The molecular formula is C19H21N3O4S. The van der Waals surface area contributed by atoms with E-state index in [1.54, 1.807) is 6.20 Å². The Hall–Kier alpha value is -2.55. The van der Waals surface area contributed by atoms with Crippen LogP contribution in [0.3, 0.4) is 0 Å². The first kappa shape index (κ1) is 19.2. The van der Waals surface area contributed by atoms with E-state index in [-0.39, 0.29) is 23.1 Å². The van der Waals surface area contributed by atoms with Gasteiger partial charge in [-0.3, -0.25) is 4.79 Å². The van der Waals surface area contributed by atoms with E-state index in [0.29, 0.717) is 18.8 Å². The lowest BCUT2D eigenvalue weighted by atomic mass is 10.1. The van der Waals surface area contributed by atoms with E-state index in [4.69, 9.17) is 9.47 Å². The molecule has 0 saturated heterocycles. The van der Waals surface area contributed by atoms with Crippen molar-refractivity contribution in [2.24, 2.45) is 0 Å². The molecule has 0 bridgehead atoms. The third kappa shape index (κ3) is 4.79. The Morgan fingerprint density at radius 2 is 2.00 bits per heavy atom. The Morgan fingerprint density at radius 3 is 2.81 bits per heavy atom. The number of nitrogens with zero attached hydrogens (tertiary/aromatic N) is 2. The van der Waals surface area contributed by atoms with Crippen LogP contribution in [0.25, 0.3) is 10.9 Å². The first-order chi connectivity index (χ1) is 13.1. The van der Waals surface area contributed by atoms with Crippen LogP contribution in [0.5, 0.6) is 0 Å². The molecule has 0 aliphatic rings. The number of carbonyl (C=O) groups is 2. The number of thiazole rings is 1. The van der Waals surface area contributed by atoms with Crippen molar-refractivity contribution in [1.82, 2.24) is 14.9 Å². The van der Waals surface area contributed by atoms with E-state index in [0.717, 1.165) is 28.8 Å². The Kier molecular flexibility index (Phi) is 6.33. The summed E-state index contributed by atoms with van der Waals surface area (Å²) < 4.78 is 10.5. The average Bonchev–Trinajstić information content (AvgIpc) is 3.31. The molecule has 0 fully saturated rings. The van der Waals surface area contributed by atoms with Crippen LogP contribution in [-0.4, -0.2) is 67.1 Å². The fourth-order valence-electron chi connectivity index (χ4n) is 2.46. The second-order valence-electron chi connectivity index (χ2n) is 6.17. The summed E-state index contributed by atoms with van der Waals surface area (Å²) in [6.45, 7) is 1.85. The van der Waals surface area contributed by atoms with Crippen LogP contribution in [0.4, 0.5) is 0 Å². The average molecular weight is 387 g/mol. The summed E-state index contributed by atoms with van der Waals surface area (Å²) in [6.07, 6.45) is 1.66. The number of hydrogen-bond donors (Lipinski definition) is 1. The summed E-state index contributed by atoms with van der Waals surface area (Å²) in [5.74, 6) is -0.774. The zero-order chi connectivity index (χ0) is 19.2. The number of esters is 1. The van der Waals surface area contributed by atoms with Crippen molar-refractivity contribution < 1.29 is 19.1 Å². The first-order valence-corrected chi connectivity index (χ1v) is 9.40. The highest BCUT2D eigenvalue weighted by atomic mass is 32.1. The molecule has 2 aromatic heterocycles. The molecule has 0 amide bonds. The lowest BCUT2D eigenvalue weighted by molar-refractivity contribution is 0.0294. The largest absolute Gasteiger partial charge is 0.458 e. The molecule has 1 N–H and O–H groups in total. The Balaban J connectivity index is 1.56. The number of rotatable bonds is 9. The van der Waals surface area contributed by atoms with Gasteiger partial charge in [0.25, 0.3) is 0 Å². The fraction of sp³-hybridized carbons (Fsp3) is 0.316. The maximum atomic E-state index is 12.7. The molecule has 0 radical (unpaired) electrons. The summed E-state index contributed by atoms with van der Waals surface area (Å²) in [7, 11) is 3.92. The van der Waals surface area contributed by atoms with Crippen molar-refractivity contribution in [2.75, 3.05) is 40.5 Å². The number of aromatic amines is 1. The van der Waals surface area contributed by atoms with E-state index in [1.165, 1.54) is 5.38 Å². The minimum atomic E-state index is -0.555. The SMILES string of the molecule is CN(C)CCOCCOC(=O)c1csc(C(=O)c2c[nH]c3ccccc23)n1. The van der Waals surface area contributed by atoms with Gasteiger partial charge in [-0.15, -0.1) is 11.3 Å². The Bertz CT molecular complexity index is 932. The van der Waals surface area contributed by atoms with Gasteiger partial charge in [-0.25, -0.2) is 9.78 Å². The van der Waals surface area contributed by atoms with Gasteiger partial charge in [0.05, 0.1) is 18.8 Å². The lowest BCUT2D eigenvalue weighted by Gasteiger charge is -2.09. The number of ether oxygens (including phenoxy) is 2. The molecule has 8 heteroatoms. The maximum absolute atomic E-state index is 12.7. The molecular weight excluding hydrogens is 366 g/mol. The van der Waals surface area contributed by atoms with Gasteiger partial charge in [0, 0.05) is 29.0 Å². The second-order valence-corrected chi connectivity index (χ2v) is 7.02. The normalized spacial score (nSPS) is 11.2. The standard InChI is InChI=1S/C19H21N3O4S/c1-22(2)7-8-25-9-10-26-19(24)16-12-27-18(21-16)17(23)14-11-20-15-6-4-3-5-13(14)15/h3-6,11-12,20H,7-10H2,1-2H3. The van der Waals surface area contributed by atoms with Gasteiger partial charge in [-0.05, 0) is 20.2 Å². The highest BCUT2D eigenvalue weighted by Gasteiger charge is 2.20. The van der Waals surface area contributed by atoms with E-state index < -0.39 is 5.97 Å². The van der Waals surface area contributed by atoms with Crippen molar-refractivity contribution in [3.05, 3.63) is 52.1 Å². The first-order valence-electron chi connectivity index (χ1n) is 8.52. The number of para-hydroxylation sites is 1. The van der Waals surface area contributed by atoms with Gasteiger partial charge >= 0.3 is 5.97 Å². The topological polar surface area (TPSA) is 84.5 Å². The van der Waals surface area contributed by atoms with Crippen molar-refractivity contribution in [1.29, 1.82) is 0 Å². The molecule has 0 aliphatic carbocycles. The minimum absolute atomic E-state index is 0.136. The molecule has 7 nitrogen and oxygen atoms in total. The highest BCUT2D eigenvalue weighted by molar-refractivity contribution is 7.12. The zero-order valence-electron chi connectivity index (χ0n) is 15.2. The minimum Gasteiger partial charge on any atom is -0.458 e. The number of ketones is 1. The molecule has 1 aromatic carbocycles. The summed E-state index contributed by atoms with van der Waals surface area (Å²) in [5.41, 5.74) is 1.55. The van der Waals surface area contributed by atoms with E-state index in [9.17, 15) is 9.59 Å². The van der Waals surface area contributed by atoms with Crippen LogP contribution < -0.4 is 0 Å². The molecule has 0 saturated carbocycles. The molecule has 142 valence electrons. The molecule has 0 unspecified atom stereocenters. The number of aromatic nitrogens is 2.